The number of halogens is 3. The van der Waals surface area contributed by atoms with Crippen LogP contribution in [0.25, 0.3) is 0 Å². The topological polar surface area (TPSA) is 69.4 Å². The fourth-order valence-corrected chi connectivity index (χ4v) is 3.04. The number of hydrogen-bond donors (Lipinski definition) is 1. The molecule has 0 bridgehead atoms. The molecule has 0 aromatic heterocycles. The third-order valence-corrected chi connectivity index (χ3v) is 4.79. The van der Waals surface area contributed by atoms with Gasteiger partial charge in [-0.25, -0.2) is 8.42 Å². The van der Waals surface area contributed by atoms with Gasteiger partial charge in [0.25, 0.3) is 0 Å². The summed E-state index contributed by atoms with van der Waals surface area (Å²) in [4.78, 5) is -0.0174. The van der Waals surface area contributed by atoms with Crippen LogP contribution in [0.5, 0.6) is 11.5 Å². The van der Waals surface area contributed by atoms with Crippen LogP contribution in [0.3, 0.4) is 0 Å². The summed E-state index contributed by atoms with van der Waals surface area (Å²) in [5.41, 5.74) is 5.83. The van der Waals surface area contributed by atoms with Crippen molar-refractivity contribution in [3.63, 3.8) is 0 Å². The first kappa shape index (κ1) is 16.2. The number of anilines is 1. The first-order valence-electron chi connectivity index (χ1n) is 5.61. The number of benzene rings is 2. The zero-order valence-corrected chi connectivity index (χ0v) is 13.8. The molecule has 0 heterocycles. The zero-order valence-electron chi connectivity index (χ0n) is 10.7. The van der Waals surface area contributed by atoms with Crippen molar-refractivity contribution < 1.29 is 13.2 Å². The molecule has 8 heteroatoms. The average molecular weight is 367 g/mol. The molecular formula is C13H10Cl3NO3S. The summed E-state index contributed by atoms with van der Waals surface area (Å²) >= 11 is 17.7. The molecule has 2 aromatic carbocycles. The minimum Gasteiger partial charge on any atom is -0.454 e. The lowest BCUT2D eigenvalue weighted by molar-refractivity contribution is 0.484. The van der Waals surface area contributed by atoms with Gasteiger partial charge in [0.2, 0.25) is 0 Å². The molecule has 2 N–H and O–H groups in total. The van der Waals surface area contributed by atoms with E-state index >= 15 is 0 Å². The average Bonchev–Trinajstić information content (AvgIpc) is 2.36. The molecule has 0 aliphatic carbocycles. The predicted octanol–water partition coefficient (Wildman–Crippen LogP) is 4.42. The van der Waals surface area contributed by atoms with E-state index in [1.807, 2.05) is 0 Å². The monoisotopic (exact) mass is 365 g/mol. The number of nitrogen functional groups attached to an aromatic ring is 1. The normalized spacial score (nSPS) is 11.4. The molecule has 0 radical (unpaired) electrons. The molecule has 0 spiro atoms. The van der Waals surface area contributed by atoms with Crippen LogP contribution in [0.15, 0.2) is 35.2 Å². The maximum Gasteiger partial charge on any atom is 0.177 e. The van der Waals surface area contributed by atoms with Crippen LogP contribution >= 0.6 is 34.8 Å². The first-order chi connectivity index (χ1) is 9.70. The molecule has 0 fully saturated rings. The number of sulfone groups is 1. The van der Waals surface area contributed by atoms with Crippen molar-refractivity contribution in [3.8, 4) is 11.5 Å². The van der Waals surface area contributed by atoms with Gasteiger partial charge in [-0.1, -0.05) is 40.9 Å². The van der Waals surface area contributed by atoms with Crippen LogP contribution in [-0.2, 0) is 9.84 Å². The zero-order chi connectivity index (χ0) is 15.8. The fraction of sp³-hybridized carbons (Fsp3) is 0.0769. The molecule has 0 saturated heterocycles. The summed E-state index contributed by atoms with van der Waals surface area (Å²) < 4.78 is 28.8. The summed E-state index contributed by atoms with van der Waals surface area (Å²) in [6.07, 6.45) is 1.06. The molecule has 21 heavy (non-hydrogen) atoms. The molecule has 0 atom stereocenters. The minimum absolute atomic E-state index is 0.00198. The van der Waals surface area contributed by atoms with E-state index in [9.17, 15) is 8.42 Å². The summed E-state index contributed by atoms with van der Waals surface area (Å²) in [5, 5.41) is 0.773. The van der Waals surface area contributed by atoms with E-state index in [2.05, 4.69) is 0 Å². The van der Waals surface area contributed by atoms with E-state index < -0.39 is 9.84 Å². The Morgan fingerprint density at radius 2 is 1.62 bits per heavy atom. The van der Waals surface area contributed by atoms with Crippen molar-refractivity contribution in [2.24, 2.45) is 0 Å². The standard InChI is InChI=1S/C13H10Cl3NO3S/c1-21(18,19)12-4-2-3-10(13(12)17)20-11-6-8(15)7(14)5-9(11)16/h2-6H,17H2,1H3. The molecule has 0 unspecified atom stereocenters. The van der Waals surface area contributed by atoms with Gasteiger partial charge in [0.05, 0.1) is 25.7 Å². The summed E-state index contributed by atoms with van der Waals surface area (Å²) in [6.45, 7) is 0. The lowest BCUT2D eigenvalue weighted by Gasteiger charge is -2.12. The highest BCUT2D eigenvalue weighted by molar-refractivity contribution is 7.90. The van der Waals surface area contributed by atoms with Gasteiger partial charge in [0, 0.05) is 12.3 Å². The largest absolute Gasteiger partial charge is 0.454 e. The minimum atomic E-state index is -3.46. The Kier molecular flexibility index (Phi) is 4.58. The Morgan fingerprint density at radius 3 is 2.24 bits per heavy atom. The van der Waals surface area contributed by atoms with Gasteiger partial charge in [-0.2, -0.15) is 0 Å². The van der Waals surface area contributed by atoms with Gasteiger partial charge < -0.3 is 10.5 Å². The highest BCUT2D eigenvalue weighted by Crippen LogP contribution is 2.39. The third-order valence-electron chi connectivity index (χ3n) is 2.62. The van der Waals surface area contributed by atoms with Crippen LogP contribution < -0.4 is 10.5 Å². The van der Waals surface area contributed by atoms with Crippen molar-refractivity contribution in [3.05, 3.63) is 45.4 Å². The van der Waals surface area contributed by atoms with Gasteiger partial charge in [-0.3, -0.25) is 0 Å². The van der Waals surface area contributed by atoms with Crippen molar-refractivity contribution in [1.29, 1.82) is 0 Å². The number of para-hydroxylation sites is 1. The van der Waals surface area contributed by atoms with Crippen molar-refractivity contribution in [2.75, 3.05) is 12.0 Å². The van der Waals surface area contributed by atoms with E-state index in [0.29, 0.717) is 0 Å². The maximum absolute atomic E-state index is 11.6. The van der Waals surface area contributed by atoms with Crippen LogP contribution in [0.2, 0.25) is 15.1 Å². The Hall–Kier alpha value is -1.14. The second-order valence-corrected chi connectivity index (χ2v) is 7.44. The van der Waals surface area contributed by atoms with Crippen LogP contribution in [0.1, 0.15) is 0 Å². The number of nitrogens with two attached hydrogens (primary N) is 1. The smallest absolute Gasteiger partial charge is 0.177 e. The van der Waals surface area contributed by atoms with Crippen LogP contribution in [0, 0.1) is 0 Å². The van der Waals surface area contributed by atoms with Crippen molar-refractivity contribution in [2.45, 2.75) is 4.90 Å². The fourth-order valence-electron chi connectivity index (χ4n) is 1.64. The molecule has 2 rings (SSSR count). The lowest BCUT2D eigenvalue weighted by atomic mass is 10.3. The quantitative estimate of drug-likeness (QED) is 0.644. The number of hydrogen-bond acceptors (Lipinski definition) is 4. The molecule has 0 amide bonds. The summed E-state index contributed by atoms with van der Waals surface area (Å²) in [5.74, 6) is 0.390. The van der Waals surface area contributed by atoms with E-state index in [-0.39, 0.29) is 37.1 Å². The summed E-state index contributed by atoms with van der Waals surface area (Å²) in [6, 6.07) is 7.31. The van der Waals surface area contributed by atoms with Gasteiger partial charge in [-0.15, -0.1) is 0 Å². The molecular weight excluding hydrogens is 357 g/mol. The van der Waals surface area contributed by atoms with E-state index in [1.54, 1.807) is 0 Å². The van der Waals surface area contributed by atoms with Gasteiger partial charge >= 0.3 is 0 Å². The lowest BCUT2D eigenvalue weighted by Crippen LogP contribution is -2.03. The second-order valence-electron chi connectivity index (χ2n) is 4.24. The third kappa shape index (κ3) is 3.55. The van der Waals surface area contributed by atoms with Crippen LogP contribution in [-0.4, -0.2) is 14.7 Å². The number of ether oxygens (including phenoxy) is 1. The first-order valence-corrected chi connectivity index (χ1v) is 8.63. The highest BCUT2D eigenvalue weighted by Gasteiger charge is 2.16. The number of rotatable bonds is 3. The molecule has 112 valence electrons. The highest BCUT2D eigenvalue weighted by atomic mass is 35.5. The van der Waals surface area contributed by atoms with E-state index in [4.69, 9.17) is 45.3 Å². The SMILES string of the molecule is CS(=O)(=O)c1cccc(Oc2cc(Cl)c(Cl)cc2Cl)c1N. The van der Waals surface area contributed by atoms with E-state index in [1.165, 1.54) is 30.3 Å². The van der Waals surface area contributed by atoms with Gasteiger partial charge in [0.1, 0.15) is 5.75 Å². The van der Waals surface area contributed by atoms with Crippen molar-refractivity contribution in [1.82, 2.24) is 0 Å². The molecule has 2 aromatic rings. The maximum atomic E-state index is 11.6. The van der Waals surface area contributed by atoms with Crippen molar-refractivity contribution >= 4 is 50.3 Å². The predicted molar refractivity (Wildman–Crippen MR) is 85.5 cm³/mol. The molecule has 0 aliphatic rings. The Bertz CT molecular complexity index is 807. The van der Waals surface area contributed by atoms with Gasteiger partial charge in [-0.05, 0) is 18.2 Å². The second kappa shape index (κ2) is 5.93. The van der Waals surface area contributed by atoms with Gasteiger partial charge in [0.15, 0.2) is 15.6 Å². The molecule has 0 aliphatic heterocycles. The molecule has 4 nitrogen and oxygen atoms in total. The Balaban J connectivity index is 2.49. The van der Waals surface area contributed by atoms with E-state index in [0.717, 1.165) is 6.26 Å². The Morgan fingerprint density at radius 1 is 1.00 bits per heavy atom. The van der Waals surface area contributed by atoms with Crippen LogP contribution in [0.4, 0.5) is 5.69 Å². The Labute approximate surface area is 137 Å². The summed E-state index contributed by atoms with van der Waals surface area (Å²) in [7, 11) is -3.46. The molecule has 0 saturated carbocycles.